The molecule has 1 aromatic carbocycles. The third kappa shape index (κ3) is 2.71. The minimum atomic E-state index is -0.111. The summed E-state index contributed by atoms with van der Waals surface area (Å²) in [6.07, 6.45) is 1.61. The lowest BCUT2D eigenvalue weighted by Crippen LogP contribution is -2.09. The maximum absolute atomic E-state index is 11.6. The Labute approximate surface area is 105 Å². The van der Waals surface area contributed by atoms with Crippen molar-refractivity contribution in [2.45, 2.75) is 13.5 Å². The van der Waals surface area contributed by atoms with Crippen LogP contribution >= 0.6 is 0 Å². The monoisotopic (exact) mass is 245 g/mol. The van der Waals surface area contributed by atoms with E-state index >= 15 is 0 Å². The van der Waals surface area contributed by atoms with Crippen LogP contribution in [0.1, 0.15) is 11.3 Å². The van der Waals surface area contributed by atoms with Crippen LogP contribution in [0.25, 0.3) is 0 Å². The number of rotatable bonds is 4. The molecule has 4 nitrogen and oxygen atoms in total. The molecule has 0 radical (unpaired) electrons. The second-order valence-corrected chi connectivity index (χ2v) is 3.93. The van der Waals surface area contributed by atoms with Crippen LogP contribution in [0.2, 0.25) is 0 Å². The van der Waals surface area contributed by atoms with Crippen molar-refractivity contribution in [3.8, 4) is 11.5 Å². The molecule has 2 aromatic rings. The second kappa shape index (κ2) is 5.40. The fourth-order valence-corrected chi connectivity index (χ4v) is 1.63. The van der Waals surface area contributed by atoms with Gasteiger partial charge in [-0.3, -0.25) is 4.79 Å². The average molecular weight is 245 g/mol. The smallest absolute Gasteiger partial charge is 0.223 e. The van der Waals surface area contributed by atoms with Gasteiger partial charge in [-0.05, 0) is 24.6 Å². The molecule has 2 rings (SSSR count). The van der Waals surface area contributed by atoms with Crippen molar-refractivity contribution < 1.29 is 9.47 Å². The fourth-order valence-electron chi connectivity index (χ4n) is 1.63. The molecule has 0 aliphatic heterocycles. The van der Waals surface area contributed by atoms with Gasteiger partial charge in [-0.15, -0.1) is 0 Å². The van der Waals surface area contributed by atoms with E-state index in [2.05, 4.69) is 4.98 Å². The van der Waals surface area contributed by atoms with E-state index in [0.717, 1.165) is 17.0 Å². The van der Waals surface area contributed by atoms with Gasteiger partial charge in [0.2, 0.25) is 5.43 Å². The molecular formula is C14H15NO3. The van der Waals surface area contributed by atoms with Crippen LogP contribution in [0.4, 0.5) is 0 Å². The van der Waals surface area contributed by atoms with Crippen LogP contribution in [0.15, 0.2) is 41.3 Å². The number of hydrogen-bond acceptors (Lipinski definition) is 3. The Morgan fingerprint density at radius 3 is 2.50 bits per heavy atom. The van der Waals surface area contributed by atoms with Gasteiger partial charge in [0.05, 0.1) is 12.8 Å². The molecule has 0 fully saturated rings. The SMILES string of the molecule is COc1ccc(COc2c(C)[nH]ccc2=O)cc1. The molecule has 18 heavy (non-hydrogen) atoms. The highest BCUT2D eigenvalue weighted by molar-refractivity contribution is 5.29. The number of benzene rings is 1. The zero-order valence-corrected chi connectivity index (χ0v) is 10.4. The van der Waals surface area contributed by atoms with E-state index < -0.39 is 0 Å². The number of methoxy groups -OCH3 is 1. The maximum Gasteiger partial charge on any atom is 0.223 e. The molecule has 0 aliphatic rings. The zero-order chi connectivity index (χ0) is 13.0. The average Bonchev–Trinajstić information content (AvgIpc) is 2.39. The lowest BCUT2D eigenvalue weighted by Gasteiger charge is -2.08. The predicted octanol–water partition coefficient (Wildman–Crippen LogP) is 2.27. The largest absolute Gasteiger partial charge is 0.497 e. The highest BCUT2D eigenvalue weighted by Crippen LogP contribution is 2.14. The van der Waals surface area contributed by atoms with E-state index in [1.54, 1.807) is 13.3 Å². The van der Waals surface area contributed by atoms with Gasteiger partial charge >= 0.3 is 0 Å². The number of H-pyrrole nitrogens is 1. The van der Waals surface area contributed by atoms with Crippen LogP contribution in [-0.2, 0) is 6.61 Å². The van der Waals surface area contributed by atoms with Gasteiger partial charge in [0.15, 0.2) is 5.75 Å². The van der Waals surface area contributed by atoms with E-state index in [1.165, 1.54) is 6.07 Å². The fraction of sp³-hybridized carbons (Fsp3) is 0.214. The van der Waals surface area contributed by atoms with Gasteiger partial charge in [-0.25, -0.2) is 0 Å². The Bertz CT molecular complexity index is 572. The minimum absolute atomic E-state index is 0.111. The number of aromatic nitrogens is 1. The lowest BCUT2D eigenvalue weighted by molar-refractivity contribution is 0.299. The molecule has 4 heteroatoms. The molecule has 1 aromatic heterocycles. The normalized spacial score (nSPS) is 10.1. The highest BCUT2D eigenvalue weighted by Gasteiger charge is 2.04. The summed E-state index contributed by atoms with van der Waals surface area (Å²) in [5.41, 5.74) is 1.61. The molecule has 1 heterocycles. The zero-order valence-electron chi connectivity index (χ0n) is 10.4. The van der Waals surface area contributed by atoms with Gasteiger partial charge < -0.3 is 14.5 Å². The van der Waals surface area contributed by atoms with Gasteiger partial charge in [0, 0.05) is 12.3 Å². The maximum atomic E-state index is 11.6. The summed E-state index contributed by atoms with van der Waals surface area (Å²) in [4.78, 5) is 14.5. The van der Waals surface area contributed by atoms with Crippen molar-refractivity contribution in [2.24, 2.45) is 0 Å². The third-order valence-corrected chi connectivity index (χ3v) is 2.64. The Morgan fingerprint density at radius 1 is 1.17 bits per heavy atom. The summed E-state index contributed by atoms with van der Waals surface area (Å²) in [6.45, 7) is 2.17. The first-order valence-corrected chi connectivity index (χ1v) is 5.64. The predicted molar refractivity (Wildman–Crippen MR) is 69.1 cm³/mol. The summed E-state index contributed by atoms with van der Waals surface area (Å²) >= 11 is 0. The summed E-state index contributed by atoms with van der Waals surface area (Å²) in [7, 11) is 1.62. The lowest BCUT2D eigenvalue weighted by atomic mass is 10.2. The first kappa shape index (κ1) is 12.2. The van der Waals surface area contributed by atoms with Crippen molar-refractivity contribution in [2.75, 3.05) is 7.11 Å². The van der Waals surface area contributed by atoms with E-state index in [1.807, 2.05) is 31.2 Å². The molecule has 0 amide bonds. The first-order valence-electron chi connectivity index (χ1n) is 5.64. The molecular weight excluding hydrogens is 230 g/mol. The Hall–Kier alpha value is -2.23. The van der Waals surface area contributed by atoms with Crippen molar-refractivity contribution in [3.05, 3.63) is 58.0 Å². The van der Waals surface area contributed by atoms with Crippen LogP contribution < -0.4 is 14.9 Å². The Balaban J connectivity index is 2.09. The summed E-state index contributed by atoms with van der Waals surface area (Å²) < 4.78 is 10.6. The number of pyridine rings is 1. The molecule has 0 spiro atoms. The molecule has 0 atom stereocenters. The van der Waals surface area contributed by atoms with Crippen LogP contribution in [0, 0.1) is 6.92 Å². The van der Waals surface area contributed by atoms with Crippen LogP contribution in [-0.4, -0.2) is 12.1 Å². The molecule has 0 saturated heterocycles. The molecule has 1 N–H and O–H groups in total. The summed E-state index contributed by atoms with van der Waals surface area (Å²) in [6, 6.07) is 8.99. The van der Waals surface area contributed by atoms with E-state index in [4.69, 9.17) is 9.47 Å². The Kier molecular flexibility index (Phi) is 3.67. The number of aromatic amines is 1. The van der Waals surface area contributed by atoms with Crippen molar-refractivity contribution in [1.82, 2.24) is 4.98 Å². The summed E-state index contributed by atoms with van der Waals surface area (Å²) in [5, 5.41) is 0. The highest BCUT2D eigenvalue weighted by atomic mass is 16.5. The molecule has 94 valence electrons. The topological polar surface area (TPSA) is 51.3 Å². The van der Waals surface area contributed by atoms with Crippen molar-refractivity contribution >= 4 is 0 Å². The Morgan fingerprint density at radius 2 is 1.89 bits per heavy atom. The van der Waals surface area contributed by atoms with Gasteiger partial charge in [-0.1, -0.05) is 12.1 Å². The molecule has 0 aliphatic carbocycles. The number of aryl methyl sites for hydroxylation is 1. The number of nitrogens with one attached hydrogen (secondary N) is 1. The van der Waals surface area contributed by atoms with E-state index in [-0.39, 0.29) is 5.43 Å². The van der Waals surface area contributed by atoms with E-state index in [0.29, 0.717) is 12.4 Å². The van der Waals surface area contributed by atoms with Crippen molar-refractivity contribution in [1.29, 1.82) is 0 Å². The summed E-state index contributed by atoms with van der Waals surface area (Å²) in [5.74, 6) is 1.17. The van der Waals surface area contributed by atoms with Gasteiger partial charge in [0.25, 0.3) is 0 Å². The standard InChI is InChI=1S/C14H15NO3/c1-10-14(13(16)7-8-15-10)18-9-11-3-5-12(17-2)6-4-11/h3-8H,9H2,1-2H3,(H,15,16). The quantitative estimate of drug-likeness (QED) is 0.899. The third-order valence-electron chi connectivity index (χ3n) is 2.64. The minimum Gasteiger partial charge on any atom is -0.497 e. The number of hydrogen-bond donors (Lipinski definition) is 1. The van der Waals surface area contributed by atoms with E-state index in [9.17, 15) is 4.79 Å². The van der Waals surface area contributed by atoms with Crippen molar-refractivity contribution in [3.63, 3.8) is 0 Å². The van der Waals surface area contributed by atoms with Gasteiger partial charge in [-0.2, -0.15) is 0 Å². The number of ether oxygens (including phenoxy) is 2. The van der Waals surface area contributed by atoms with Crippen LogP contribution in [0.5, 0.6) is 11.5 Å². The van der Waals surface area contributed by atoms with Crippen LogP contribution in [0.3, 0.4) is 0 Å². The molecule has 0 saturated carbocycles. The van der Waals surface area contributed by atoms with Gasteiger partial charge in [0.1, 0.15) is 12.4 Å². The second-order valence-electron chi connectivity index (χ2n) is 3.93. The molecule has 0 unspecified atom stereocenters. The molecule has 0 bridgehead atoms. The first-order chi connectivity index (χ1) is 8.70.